The minimum Gasteiger partial charge on any atom is -0.493 e. The number of fused-ring (bicyclic) bond motifs is 1. The number of amides is 1. The Kier molecular flexibility index (Phi) is 7.28. The monoisotopic (exact) mass is 482 g/mol. The first-order chi connectivity index (χ1) is 12.6. The second-order valence-corrected chi connectivity index (χ2v) is 5.82. The molecule has 3 rings (SSSR count). The number of hydrogen-bond donors (Lipinski definition) is 2. The van der Waals surface area contributed by atoms with Crippen LogP contribution in [-0.4, -0.2) is 39.2 Å². The molecule has 0 unspecified atom stereocenters. The second kappa shape index (κ2) is 9.45. The van der Waals surface area contributed by atoms with Crippen LogP contribution in [-0.2, 0) is 11.2 Å². The number of hydrogen-bond acceptors (Lipinski definition) is 4. The van der Waals surface area contributed by atoms with E-state index in [1.54, 1.807) is 37.3 Å². The summed E-state index contributed by atoms with van der Waals surface area (Å²) >= 11 is 0. The summed E-state index contributed by atoms with van der Waals surface area (Å²) in [5.74, 6) is 1.29. The van der Waals surface area contributed by atoms with E-state index in [0.717, 1.165) is 12.1 Å². The van der Waals surface area contributed by atoms with Gasteiger partial charge in [-0.2, -0.15) is 0 Å². The van der Waals surface area contributed by atoms with E-state index in [1.807, 2.05) is 24.3 Å². The van der Waals surface area contributed by atoms with Crippen molar-refractivity contribution in [3.63, 3.8) is 0 Å². The number of carbonyl (C=O) groups is 1. The molecule has 3 N–H and O–H groups in total. The Hall–Kier alpha value is -2.49. The Morgan fingerprint density at radius 3 is 2.67 bits per heavy atom. The van der Waals surface area contributed by atoms with Crippen molar-refractivity contribution in [3.05, 3.63) is 48.0 Å². The van der Waals surface area contributed by atoms with E-state index in [9.17, 15) is 4.79 Å². The number of guanidine groups is 1. The van der Waals surface area contributed by atoms with Gasteiger partial charge in [-0.25, -0.2) is 4.99 Å². The van der Waals surface area contributed by atoms with Gasteiger partial charge >= 0.3 is 0 Å². The van der Waals surface area contributed by atoms with Crippen molar-refractivity contribution < 1.29 is 14.3 Å². The van der Waals surface area contributed by atoms with Crippen LogP contribution in [0.2, 0.25) is 0 Å². The van der Waals surface area contributed by atoms with Crippen LogP contribution >= 0.6 is 24.0 Å². The molecule has 2 aromatic rings. The number of nitrogens with two attached hydrogens (primary N) is 1. The Morgan fingerprint density at radius 1 is 1.19 bits per heavy atom. The van der Waals surface area contributed by atoms with Crippen molar-refractivity contribution in [3.8, 4) is 11.5 Å². The Morgan fingerprint density at radius 2 is 1.93 bits per heavy atom. The maximum Gasteiger partial charge on any atom is 0.248 e. The van der Waals surface area contributed by atoms with Crippen molar-refractivity contribution in [2.24, 2.45) is 10.7 Å². The minimum absolute atomic E-state index is 0. The summed E-state index contributed by atoms with van der Waals surface area (Å²) in [5.41, 5.74) is 8.74. The number of rotatable bonds is 5. The lowest BCUT2D eigenvalue weighted by Gasteiger charge is -2.16. The van der Waals surface area contributed by atoms with Crippen LogP contribution in [0.1, 0.15) is 5.56 Å². The first kappa shape index (κ1) is 20.8. The van der Waals surface area contributed by atoms with Gasteiger partial charge in [-0.3, -0.25) is 4.79 Å². The Bertz CT molecular complexity index is 841. The molecule has 144 valence electrons. The summed E-state index contributed by atoms with van der Waals surface area (Å²) in [4.78, 5) is 18.4. The number of aliphatic imine (C=N–C) groups is 1. The molecule has 0 aliphatic carbocycles. The van der Waals surface area contributed by atoms with E-state index in [1.165, 1.54) is 5.56 Å². The van der Waals surface area contributed by atoms with Gasteiger partial charge in [0.15, 0.2) is 17.5 Å². The van der Waals surface area contributed by atoms with Gasteiger partial charge < -0.3 is 25.4 Å². The molecule has 0 radical (unpaired) electrons. The van der Waals surface area contributed by atoms with Crippen molar-refractivity contribution in [2.75, 3.05) is 37.5 Å². The fraction of sp³-hybridized carbons (Fsp3) is 0.263. The molecule has 0 aromatic heterocycles. The third-order valence-electron chi connectivity index (χ3n) is 4.23. The van der Waals surface area contributed by atoms with Crippen molar-refractivity contribution in [1.29, 1.82) is 0 Å². The smallest absolute Gasteiger partial charge is 0.248 e. The maximum absolute atomic E-state index is 12.4. The summed E-state index contributed by atoms with van der Waals surface area (Å²) < 4.78 is 10.4. The molecule has 1 heterocycles. The van der Waals surface area contributed by atoms with E-state index in [2.05, 4.69) is 10.3 Å². The van der Waals surface area contributed by atoms with Crippen molar-refractivity contribution in [1.82, 2.24) is 0 Å². The van der Waals surface area contributed by atoms with Gasteiger partial charge in [0.1, 0.15) is 6.54 Å². The highest BCUT2D eigenvalue weighted by Crippen LogP contribution is 2.30. The molecule has 1 aliphatic heterocycles. The minimum atomic E-state index is -0.0768. The first-order valence-electron chi connectivity index (χ1n) is 8.29. The van der Waals surface area contributed by atoms with Crippen LogP contribution in [0.5, 0.6) is 11.5 Å². The number of anilines is 2. The lowest BCUT2D eigenvalue weighted by Crippen LogP contribution is -2.32. The molecule has 2 aromatic carbocycles. The number of halogens is 1. The van der Waals surface area contributed by atoms with Gasteiger partial charge in [-0.05, 0) is 30.2 Å². The number of carbonyl (C=O) groups excluding carboxylic acids is 1. The van der Waals surface area contributed by atoms with Crippen LogP contribution in [0.3, 0.4) is 0 Å². The second-order valence-electron chi connectivity index (χ2n) is 5.82. The normalized spacial score (nSPS) is 12.8. The SMILES string of the molecule is COc1ccc(NC(N)=NCC(=O)N2CCc3ccccc32)cc1OC.I. The highest BCUT2D eigenvalue weighted by Gasteiger charge is 2.23. The maximum atomic E-state index is 12.4. The fourth-order valence-electron chi connectivity index (χ4n) is 2.94. The zero-order valence-corrected chi connectivity index (χ0v) is 17.6. The highest BCUT2D eigenvalue weighted by atomic mass is 127. The van der Waals surface area contributed by atoms with Gasteiger partial charge in [0.05, 0.1) is 14.2 Å². The van der Waals surface area contributed by atoms with E-state index < -0.39 is 0 Å². The summed E-state index contributed by atoms with van der Waals surface area (Å²) in [6, 6.07) is 13.2. The molecule has 0 spiro atoms. The van der Waals surface area contributed by atoms with E-state index >= 15 is 0 Å². The van der Waals surface area contributed by atoms with Crippen LogP contribution in [0.4, 0.5) is 11.4 Å². The van der Waals surface area contributed by atoms with E-state index in [4.69, 9.17) is 15.2 Å². The average Bonchev–Trinajstić information content (AvgIpc) is 3.10. The molecular weight excluding hydrogens is 459 g/mol. The predicted octanol–water partition coefficient (Wildman–Crippen LogP) is 2.64. The summed E-state index contributed by atoms with van der Waals surface area (Å²) in [7, 11) is 3.13. The van der Waals surface area contributed by atoms with E-state index in [-0.39, 0.29) is 42.4 Å². The number of para-hydroxylation sites is 1. The lowest BCUT2D eigenvalue weighted by molar-refractivity contribution is -0.117. The number of benzene rings is 2. The van der Waals surface area contributed by atoms with Crippen molar-refractivity contribution in [2.45, 2.75) is 6.42 Å². The predicted molar refractivity (Wildman–Crippen MR) is 118 cm³/mol. The topological polar surface area (TPSA) is 89.2 Å². The summed E-state index contributed by atoms with van der Waals surface area (Å²) in [5, 5.41) is 2.95. The number of ether oxygens (including phenoxy) is 2. The first-order valence-corrected chi connectivity index (χ1v) is 8.29. The molecular formula is C19H23IN4O3. The fourth-order valence-corrected chi connectivity index (χ4v) is 2.94. The zero-order valence-electron chi connectivity index (χ0n) is 15.3. The molecule has 0 saturated heterocycles. The molecule has 27 heavy (non-hydrogen) atoms. The third-order valence-corrected chi connectivity index (χ3v) is 4.23. The van der Waals surface area contributed by atoms with E-state index in [0.29, 0.717) is 23.7 Å². The van der Waals surface area contributed by atoms with Gasteiger partial charge in [0, 0.05) is 24.0 Å². The van der Waals surface area contributed by atoms with Crippen molar-refractivity contribution >= 4 is 47.2 Å². The quantitative estimate of drug-likeness (QED) is 0.389. The number of nitrogens with zero attached hydrogens (tertiary/aromatic N) is 2. The van der Waals surface area contributed by atoms with Crippen LogP contribution in [0, 0.1) is 0 Å². The highest BCUT2D eigenvalue weighted by molar-refractivity contribution is 14.0. The van der Waals surface area contributed by atoms with Gasteiger partial charge in [0.2, 0.25) is 5.91 Å². The Balaban J connectivity index is 0.00000261. The average molecular weight is 482 g/mol. The lowest BCUT2D eigenvalue weighted by atomic mass is 10.2. The molecule has 8 heteroatoms. The molecule has 1 amide bonds. The van der Waals surface area contributed by atoms with Crippen LogP contribution in [0.25, 0.3) is 0 Å². The summed E-state index contributed by atoms with van der Waals surface area (Å²) in [6.45, 7) is 0.664. The van der Waals surface area contributed by atoms with Crippen LogP contribution < -0.4 is 25.4 Å². The largest absolute Gasteiger partial charge is 0.493 e. The molecule has 0 atom stereocenters. The summed E-state index contributed by atoms with van der Waals surface area (Å²) in [6.07, 6.45) is 0.866. The van der Waals surface area contributed by atoms with Gasteiger partial charge in [0.25, 0.3) is 0 Å². The zero-order chi connectivity index (χ0) is 18.5. The molecule has 1 aliphatic rings. The standard InChI is InChI=1S/C19H22N4O3.HI/c1-25-16-8-7-14(11-17(16)26-2)22-19(20)21-12-18(24)23-10-9-13-5-3-4-6-15(13)23;/h3-8,11H,9-10,12H2,1-2H3,(H3,20,21,22);1H. The molecule has 0 fully saturated rings. The number of methoxy groups -OCH3 is 2. The van der Waals surface area contributed by atoms with Gasteiger partial charge in [-0.1, -0.05) is 18.2 Å². The number of nitrogens with one attached hydrogen (secondary N) is 1. The van der Waals surface area contributed by atoms with Crippen LogP contribution in [0.15, 0.2) is 47.5 Å². The molecule has 0 bridgehead atoms. The molecule has 7 nitrogen and oxygen atoms in total. The van der Waals surface area contributed by atoms with Gasteiger partial charge in [-0.15, -0.1) is 24.0 Å². The Labute approximate surface area is 175 Å². The third kappa shape index (κ3) is 4.82. The molecule has 0 saturated carbocycles.